The van der Waals surface area contributed by atoms with Gasteiger partial charge in [-0.1, -0.05) is 6.07 Å². The van der Waals surface area contributed by atoms with Gasteiger partial charge in [-0.15, -0.1) is 0 Å². The predicted octanol–water partition coefficient (Wildman–Crippen LogP) is 2.95. The van der Waals surface area contributed by atoms with Gasteiger partial charge in [-0.25, -0.2) is 8.42 Å². The second kappa shape index (κ2) is 9.15. The van der Waals surface area contributed by atoms with Gasteiger partial charge in [0.25, 0.3) is 0 Å². The molecule has 0 unspecified atom stereocenters. The number of rotatable bonds is 6. The van der Waals surface area contributed by atoms with Crippen LogP contribution < -0.4 is 14.5 Å². The van der Waals surface area contributed by atoms with Crippen LogP contribution in [0.2, 0.25) is 0 Å². The van der Waals surface area contributed by atoms with Crippen molar-refractivity contribution in [2.45, 2.75) is 6.18 Å². The first-order valence-corrected chi connectivity index (χ1v) is 11.3. The van der Waals surface area contributed by atoms with E-state index < -0.39 is 34.2 Å². The molecule has 31 heavy (non-hydrogen) atoms. The van der Waals surface area contributed by atoms with Crippen molar-refractivity contribution in [2.24, 2.45) is 0 Å². The number of ether oxygens (including phenoxy) is 1. The third kappa shape index (κ3) is 6.11. The van der Waals surface area contributed by atoms with E-state index in [1.807, 2.05) is 12.1 Å². The first-order chi connectivity index (χ1) is 14.5. The first-order valence-electron chi connectivity index (χ1n) is 9.41. The minimum atomic E-state index is -4.64. The Labute approximate surface area is 178 Å². The van der Waals surface area contributed by atoms with Crippen molar-refractivity contribution in [2.75, 3.05) is 53.6 Å². The Morgan fingerprint density at radius 2 is 1.77 bits per heavy atom. The maximum absolute atomic E-state index is 13.0. The summed E-state index contributed by atoms with van der Waals surface area (Å²) in [6, 6.07) is 10.8. The van der Waals surface area contributed by atoms with E-state index in [-0.39, 0.29) is 5.69 Å². The van der Waals surface area contributed by atoms with E-state index in [1.54, 1.807) is 12.1 Å². The Kier molecular flexibility index (Phi) is 6.75. The zero-order valence-electron chi connectivity index (χ0n) is 16.7. The lowest BCUT2D eigenvalue weighted by molar-refractivity contribution is -0.137. The SMILES string of the molecule is CS(=O)(=O)N(CC(=O)Nc1ccc(N2CCOCC2)cc1)c1cccc(C(F)(F)F)c1. The van der Waals surface area contributed by atoms with Gasteiger partial charge in [0.05, 0.1) is 30.7 Å². The van der Waals surface area contributed by atoms with Gasteiger partial charge in [0.2, 0.25) is 15.9 Å². The molecular weight excluding hydrogens is 435 g/mol. The van der Waals surface area contributed by atoms with Gasteiger partial charge in [-0.3, -0.25) is 9.10 Å². The molecule has 0 radical (unpaired) electrons. The zero-order valence-corrected chi connectivity index (χ0v) is 17.5. The fourth-order valence-corrected chi connectivity index (χ4v) is 3.99. The Morgan fingerprint density at radius 3 is 2.35 bits per heavy atom. The van der Waals surface area contributed by atoms with Crippen LogP contribution in [0.4, 0.5) is 30.2 Å². The minimum absolute atomic E-state index is 0.241. The molecule has 0 saturated carbocycles. The molecule has 1 aliphatic heterocycles. The molecule has 0 bridgehead atoms. The number of sulfonamides is 1. The fourth-order valence-electron chi connectivity index (χ4n) is 3.15. The van der Waals surface area contributed by atoms with Crippen LogP contribution in [0.1, 0.15) is 5.56 Å². The average Bonchev–Trinajstić information content (AvgIpc) is 2.72. The van der Waals surface area contributed by atoms with E-state index in [9.17, 15) is 26.4 Å². The quantitative estimate of drug-likeness (QED) is 0.722. The van der Waals surface area contributed by atoms with Crippen LogP contribution in [-0.4, -0.2) is 53.4 Å². The molecule has 2 aromatic carbocycles. The highest BCUT2D eigenvalue weighted by Crippen LogP contribution is 2.32. The Balaban J connectivity index is 1.72. The van der Waals surface area contributed by atoms with E-state index in [0.29, 0.717) is 29.3 Å². The first kappa shape index (κ1) is 22.9. The predicted molar refractivity (Wildman–Crippen MR) is 112 cm³/mol. The van der Waals surface area contributed by atoms with Crippen LogP contribution in [0.5, 0.6) is 0 Å². The summed E-state index contributed by atoms with van der Waals surface area (Å²) >= 11 is 0. The largest absolute Gasteiger partial charge is 0.416 e. The molecule has 0 aromatic heterocycles. The molecule has 1 fully saturated rings. The average molecular weight is 457 g/mol. The number of morpholine rings is 1. The Bertz CT molecular complexity index is 1020. The topological polar surface area (TPSA) is 79.0 Å². The van der Waals surface area contributed by atoms with Crippen molar-refractivity contribution in [1.82, 2.24) is 0 Å². The molecule has 7 nitrogen and oxygen atoms in total. The second-order valence-corrected chi connectivity index (χ2v) is 8.92. The lowest BCUT2D eigenvalue weighted by atomic mass is 10.2. The lowest BCUT2D eigenvalue weighted by Crippen LogP contribution is -2.37. The van der Waals surface area contributed by atoms with E-state index in [4.69, 9.17) is 4.74 Å². The van der Waals surface area contributed by atoms with Gasteiger partial charge < -0.3 is 15.0 Å². The highest BCUT2D eigenvalue weighted by atomic mass is 32.2. The van der Waals surface area contributed by atoms with Crippen molar-refractivity contribution < 1.29 is 31.1 Å². The molecule has 168 valence electrons. The van der Waals surface area contributed by atoms with Crippen LogP contribution in [0.3, 0.4) is 0 Å². The minimum Gasteiger partial charge on any atom is -0.378 e. The molecule has 0 spiro atoms. The second-order valence-electron chi connectivity index (χ2n) is 7.01. The van der Waals surface area contributed by atoms with Crippen molar-refractivity contribution in [1.29, 1.82) is 0 Å². The summed E-state index contributed by atoms with van der Waals surface area (Å²) in [4.78, 5) is 14.6. The number of hydrogen-bond acceptors (Lipinski definition) is 5. The molecule has 1 N–H and O–H groups in total. The van der Waals surface area contributed by atoms with Crippen LogP contribution >= 0.6 is 0 Å². The number of anilines is 3. The number of halogens is 3. The normalized spacial score (nSPS) is 14.9. The number of carbonyl (C=O) groups excluding carboxylic acids is 1. The number of nitrogens with one attached hydrogen (secondary N) is 1. The summed E-state index contributed by atoms with van der Waals surface area (Å²) in [5, 5.41) is 2.58. The van der Waals surface area contributed by atoms with Crippen molar-refractivity contribution in [3.05, 3.63) is 54.1 Å². The monoisotopic (exact) mass is 457 g/mol. The standard InChI is InChI=1S/C20H22F3N3O4S/c1-31(28,29)26(18-4-2-3-15(13-18)20(21,22)23)14-19(27)24-16-5-7-17(8-6-16)25-9-11-30-12-10-25/h2-8,13H,9-12,14H2,1H3,(H,24,27). The van der Waals surface area contributed by atoms with E-state index in [1.165, 1.54) is 6.07 Å². The number of benzene rings is 2. The van der Waals surface area contributed by atoms with Gasteiger partial charge in [0.15, 0.2) is 0 Å². The van der Waals surface area contributed by atoms with Crippen LogP contribution in [-0.2, 0) is 25.7 Å². The molecule has 2 aromatic rings. The van der Waals surface area contributed by atoms with Gasteiger partial charge in [-0.2, -0.15) is 13.2 Å². The molecule has 1 heterocycles. The summed E-state index contributed by atoms with van der Waals surface area (Å²) < 4.78 is 69.2. The third-order valence-electron chi connectivity index (χ3n) is 4.68. The van der Waals surface area contributed by atoms with E-state index in [0.717, 1.165) is 37.2 Å². The van der Waals surface area contributed by atoms with E-state index >= 15 is 0 Å². The summed E-state index contributed by atoms with van der Waals surface area (Å²) in [6.07, 6.45) is -3.80. The summed E-state index contributed by atoms with van der Waals surface area (Å²) in [7, 11) is -4.00. The number of amides is 1. The lowest BCUT2D eigenvalue weighted by Gasteiger charge is -2.29. The molecule has 1 aliphatic rings. The van der Waals surface area contributed by atoms with Crippen LogP contribution in [0, 0.1) is 0 Å². The van der Waals surface area contributed by atoms with Gasteiger partial charge in [0.1, 0.15) is 6.54 Å². The molecule has 1 saturated heterocycles. The van der Waals surface area contributed by atoms with Gasteiger partial charge in [0, 0.05) is 24.5 Å². The van der Waals surface area contributed by atoms with Crippen LogP contribution in [0.25, 0.3) is 0 Å². The smallest absolute Gasteiger partial charge is 0.378 e. The zero-order chi connectivity index (χ0) is 22.6. The number of alkyl halides is 3. The fraction of sp³-hybridized carbons (Fsp3) is 0.350. The Morgan fingerprint density at radius 1 is 1.13 bits per heavy atom. The van der Waals surface area contributed by atoms with Crippen molar-refractivity contribution >= 4 is 33.0 Å². The molecule has 0 aliphatic carbocycles. The molecule has 3 rings (SSSR count). The number of carbonyl (C=O) groups is 1. The summed E-state index contributed by atoms with van der Waals surface area (Å²) in [5.74, 6) is -0.679. The van der Waals surface area contributed by atoms with Crippen molar-refractivity contribution in [3.63, 3.8) is 0 Å². The highest BCUT2D eigenvalue weighted by Gasteiger charge is 2.32. The van der Waals surface area contributed by atoms with Crippen LogP contribution in [0.15, 0.2) is 48.5 Å². The van der Waals surface area contributed by atoms with E-state index in [2.05, 4.69) is 10.2 Å². The molecule has 11 heteroatoms. The van der Waals surface area contributed by atoms with Crippen molar-refractivity contribution in [3.8, 4) is 0 Å². The number of hydrogen-bond donors (Lipinski definition) is 1. The van der Waals surface area contributed by atoms with Gasteiger partial charge >= 0.3 is 6.18 Å². The molecule has 1 amide bonds. The molecular formula is C20H22F3N3O4S. The molecule has 0 atom stereocenters. The van der Waals surface area contributed by atoms with Gasteiger partial charge in [-0.05, 0) is 42.5 Å². The maximum Gasteiger partial charge on any atom is 0.416 e. The highest BCUT2D eigenvalue weighted by molar-refractivity contribution is 7.92. The summed E-state index contributed by atoms with van der Waals surface area (Å²) in [5.41, 5.74) is 0.162. The maximum atomic E-state index is 13.0. The number of nitrogens with zero attached hydrogens (tertiary/aromatic N) is 2. The summed E-state index contributed by atoms with van der Waals surface area (Å²) in [6.45, 7) is 2.12. The third-order valence-corrected chi connectivity index (χ3v) is 5.82. The Hall–Kier alpha value is -2.79.